The molecule has 0 amide bonds. The number of nitrogens with one attached hydrogen (secondary N) is 1. The number of benzene rings is 1. The van der Waals surface area contributed by atoms with Crippen LogP contribution >= 0.6 is 11.3 Å². The third-order valence-electron chi connectivity index (χ3n) is 3.59. The fourth-order valence-corrected chi connectivity index (χ4v) is 3.49. The fraction of sp³-hybridized carbons (Fsp3) is 0.294. The molecule has 0 aliphatic carbocycles. The summed E-state index contributed by atoms with van der Waals surface area (Å²) in [6, 6.07) is 13.1. The number of nitrogens with zero attached hydrogens (tertiary/aromatic N) is 2. The van der Waals surface area contributed by atoms with E-state index in [0.29, 0.717) is 0 Å². The van der Waals surface area contributed by atoms with Crippen molar-refractivity contribution < 1.29 is 0 Å². The number of aryl methyl sites for hydroxylation is 1. The van der Waals surface area contributed by atoms with Gasteiger partial charge in [0.1, 0.15) is 11.2 Å². The number of hydrogen-bond acceptors (Lipinski definition) is 4. The Morgan fingerprint density at radius 2 is 2.00 bits per heavy atom. The standard InChI is InChI=1S/C17H19N3S/c1-3-18-15(13-7-5-4-6-8-13)10-16-14-9-12(2)21-17(14)20-11-19-16/h4-9,11,15,18H,3,10H2,1-2H3. The van der Waals surface area contributed by atoms with Gasteiger partial charge in [-0.25, -0.2) is 9.97 Å². The van der Waals surface area contributed by atoms with E-state index in [9.17, 15) is 0 Å². The van der Waals surface area contributed by atoms with Crippen LogP contribution in [-0.2, 0) is 6.42 Å². The van der Waals surface area contributed by atoms with Gasteiger partial charge in [0, 0.05) is 22.7 Å². The summed E-state index contributed by atoms with van der Waals surface area (Å²) in [4.78, 5) is 11.3. The van der Waals surface area contributed by atoms with Crippen LogP contribution in [-0.4, -0.2) is 16.5 Å². The summed E-state index contributed by atoms with van der Waals surface area (Å²) in [5.41, 5.74) is 2.43. The van der Waals surface area contributed by atoms with E-state index in [4.69, 9.17) is 0 Å². The van der Waals surface area contributed by atoms with Gasteiger partial charge in [0.2, 0.25) is 0 Å². The highest BCUT2D eigenvalue weighted by Crippen LogP contribution is 2.27. The van der Waals surface area contributed by atoms with Gasteiger partial charge in [0.05, 0.1) is 5.69 Å². The topological polar surface area (TPSA) is 37.8 Å². The summed E-state index contributed by atoms with van der Waals surface area (Å²) in [6.07, 6.45) is 2.56. The van der Waals surface area contributed by atoms with Gasteiger partial charge in [-0.2, -0.15) is 0 Å². The first kappa shape index (κ1) is 14.2. The normalized spacial score (nSPS) is 12.7. The zero-order chi connectivity index (χ0) is 14.7. The summed E-state index contributed by atoms with van der Waals surface area (Å²) in [5, 5.41) is 4.76. The van der Waals surface area contributed by atoms with Gasteiger partial charge in [-0.15, -0.1) is 11.3 Å². The van der Waals surface area contributed by atoms with Crippen molar-refractivity contribution in [3.05, 3.63) is 58.9 Å². The Bertz CT molecular complexity index is 721. The number of hydrogen-bond donors (Lipinski definition) is 1. The molecule has 4 heteroatoms. The van der Waals surface area contributed by atoms with Crippen molar-refractivity contribution in [2.45, 2.75) is 26.3 Å². The molecule has 3 aromatic rings. The Kier molecular flexibility index (Phi) is 4.27. The average molecular weight is 297 g/mol. The second-order valence-electron chi connectivity index (χ2n) is 5.12. The van der Waals surface area contributed by atoms with Crippen molar-refractivity contribution in [1.29, 1.82) is 0 Å². The molecule has 0 bridgehead atoms. The highest BCUT2D eigenvalue weighted by Gasteiger charge is 2.15. The summed E-state index contributed by atoms with van der Waals surface area (Å²) in [7, 11) is 0. The van der Waals surface area contributed by atoms with E-state index >= 15 is 0 Å². The van der Waals surface area contributed by atoms with Crippen molar-refractivity contribution in [3.63, 3.8) is 0 Å². The van der Waals surface area contributed by atoms with Gasteiger partial charge in [0.15, 0.2) is 0 Å². The quantitative estimate of drug-likeness (QED) is 0.776. The lowest BCUT2D eigenvalue weighted by Crippen LogP contribution is -2.23. The van der Waals surface area contributed by atoms with Gasteiger partial charge >= 0.3 is 0 Å². The van der Waals surface area contributed by atoms with Crippen molar-refractivity contribution in [2.24, 2.45) is 0 Å². The average Bonchev–Trinajstić information content (AvgIpc) is 2.89. The lowest BCUT2D eigenvalue weighted by atomic mass is 10.0. The molecule has 0 saturated carbocycles. The van der Waals surface area contributed by atoms with Crippen LogP contribution in [0.1, 0.15) is 29.1 Å². The third-order valence-corrected chi connectivity index (χ3v) is 4.54. The lowest BCUT2D eigenvalue weighted by molar-refractivity contribution is 0.545. The Morgan fingerprint density at radius 3 is 2.76 bits per heavy atom. The van der Waals surface area contributed by atoms with Crippen molar-refractivity contribution in [1.82, 2.24) is 15.3 Å². The molecule has 1 aromatic carbocycles. The molecule has 1 atom stereocenters. The summed E-state index contributed by atoms with van der Waals surface area (Å²) in [5.74, 6) is 0. The SMILES string of the molecule is CCNC(Cc1ncnc2sc(C)cc12)c1ccccc1. The first-order valence-electron chi connectivity index (χ1n) is 7.26. The Labute approximate surface area is 129 Å². The molecular weight excluding hydrogens is 278 g/mol. The van der Waals surface area contributed by atoms with E-state index in [1.54, 1.807) is 17.7 Å². The minimum atomic E-state index is 0.287. The summed E-state index contributed by atoms with van der Waals surface area (Å²) in [6.45, 7) is 5.20. The van der Waals surface area contributed by atoms with Crippen molar-refractivity contribution in [3.8, 4) is 0 Å². The van der Waals surface area contributed by atoms with Crippen molar-refractivity contribution >= 4 is 21.6 Å². The molecule has 0 aliphatic heterocycles. The van der Waals surface area contributed by atoms with Crippen LogP contribution in [0.15, 0.2) is 42.7 Å². The minimum Gasteiger partial charge on any atom is -0.310 e. The molecule has 2 heterocycles. The molecule has 2 aromatic heterocycles. The van der Waals surface area contributed by atoms with Gasteiger partial charge < -0.3 is 5.32 Å². The van der Waals surface area contributed by atoms with Gasteiger partial charge in [-0.3, -0.25) is 0 Å². The Hall–Kier alpha value is -1.78. The number of aromatic nitrogens is 2. The predicted molar refractivity (Wildman–Crippen MR) is 88.7 cm³/mol. The minimum absolute atomic E-state index is 0.287. The largest absolute Gasteiger partial charge is 0.310 e. The van der Waals surface area contributed by atoms with Crippen molar-refractivity contribution in [2.75, 3.05) is 6.54 Å². The lowest BCUT2D eigenvalue weighted by Gasteiger charge is -2.18. The van der Waals surface area contributed by atoms with Crippen LogP contribution in [0.2, 0.25) is 0 Å². The highest BCUT2D eigenvalue weighted by molar-refractivity contribution is 7.18. The molecule has 0 radical (unpaired) electrons. The van der Waals surface area contributed by atoms with Crippen LogP contribution in [0.25, 0.3) is 10.2 Å². The molecule has 1 unspecified atom stereocenters. The van der Waals surface area contributed by atoms with Crippen LogP contribution < -0.4 is 5.32 Å². The van der Waals surface area contributed by atoms with Gasteiger partial charge in [-0.05, 0) is 25.1 Å². The molecular formula is C17H19N3S. The third kappa shape index (κ3) is 3.12. The van der Waals surface area contributed by atoms with E-state index in [1.165, 1.54) is 15.8 Å². The maximum absolute atomic E-state index is 4.52. The Balaban J connectivity index is 1.94. The fourth-order valence-electron chi connectivity index (χ4n) is 2.62. The smallest absolute Gasteiger partial charge is 0.127 e. The van der Waals surface area contributed by atoms with E-state index < -0.39 is 0 Å². The molecule has 3 rings (SSSR count). The maximum Gasteiger partial charge on any atom is 0.127 e. The molecule has 0 aliphatic rings. The van der Waals surface area contributed by atoms with E-state index in [0.717, 1.165) is 23.5 Å². The van der Waals surface area contributed by atoms with Gasteiger partial charge in [-0.1, -0.05) is 37.3 Å². The molecule has 3 nitrogen and oxygen atoms in total. The van der Waals surface area contributed by atoms with Crippen LogP contribution in [0.5, 0.6) is 0 Å². The number of thiophene rings is 1. The summed E-state index contributed by atoms with van der Waals surface area (Å²) >= 11 is 1.73. The molecule has 0 fully saturated rings. The second kappa shape index (κ2) is 6.33. The van der Waals surface area contributed by atoms with Crippen LogP contribution in [0.3, 0.4) is 0 Å². The zero-order valence-corrected chi connectivity index (χ0v) is 13.2. The monoisotopic (exact) mass is 297 g/mol. The molecule has 1 N–H and O–H groups in total. The van der Waals surface area contributed by atoms with Crippen LogP contribution in [0, 0.1) is 6.92 Å². The molecule has 108 valence electrons. The van der Waals surface area contributed by atoms with Crippen LogP contribution in [0.4, 0.5) is 0 Å². The number of rotatable bonds is 5. The number of fused-ring (bicyclic) bond motifs is 1. The summed E-state index contributed by atoms with van der Waals surface area (Å²) < 4.78 is 0. The number of likely N-dealkylation sites (N-methyl/N-ethyl adjacent to an activating group) is 1. The Morgan fingerprint density at radius 1 is 1.19 bits per heavy atom. The van der Waals surface area contributed by atoms with E-state index in [1.807, 2.05) is 0 Å². The zero-order valence-electron chi connectivity index (χ0n) is 12.3. The molecule has 0 spiro atoms. The highest BCUT2D eigenvalue weighted by atomic mass is 32.1. The first-order chi connectivity index (χ1) is 10.3. The molecule has 21 heavy (non-hydrogen) atoms. The van der Waals surface area contributed by atoms with E-state index in [-0.39, 0.29) is 6.04 Å². The maximum atomic E-state index is 4.52. The second-order valence-corrected chi connectivity index (χ2v) is 6.36. The van der Waals surface area contributed by atoms with E-state index in [2.05, 4.69) is 65.5 Å². The molecule has 0 saturated heterocycles. The van der Waals surface area contributed by atoms with Gasteiger partial charge in [0.25, 0.3) is 0 Å². The first-order valence-corrected chi connectivity index (χ1v) is 8.08. The predicted octanol–water partition coefficient (Wildman–Crippen LogP) is 3.89.